The standard InChI is InChI=1S/C16H21NO2S/c1-17-16(12-20(18)10-9-19-2)15-8-7-13-5-3-4-6-14(13)11-15/h3-8,11,16-17H,9-10,12H2,1-2H3. The van der Waals surface area contributed by atoms with Gasteiger partial charge in [0.2, 0.25) is 0 Å². The summed E-state index contributed by atoms with van der Waals surface area (Å²) in [5.74, 6) is 1.19. The van der Waals surface area contributed by atoms with Crippen molar-refractivity contribution in [3.05, 3.63) is 48.0 Å². The maximum Gasteiger partial charge on any atom is 0.0577 e. The van der Waals surface area contributed by atoms with Crippen LogP contribution in [0.15, 0.2) is 42.5 Å². The molecule has 0 aliphatic carbocycles. The molecule has 0 saturated carbocycles. The van der Waals surface area contributed by atoms with E-state index in [0.717, 1.165) is 0 Å². The molecule has 0 heterocycles. The Hall–Kier alpha value is -1.23. The van der Waals surface area contributed by atoms with Crippen LogP contribution in [0.2, 0.25) is 0 Å². The van der Waals surface area contributed by atoms with Crippen molar-refractivity contribution in [3.8, 4) is 0 Å². The van der Waals surface area contributed by atoms with Crippen molar-refractivity contribution >= 4 is 21.6 Å². The summed E-state index contributed by atoms with van der Waals surface area (Å²) in [7, 11) is 2.67. The summed E-state index contributed by atoms with van der Waals surface area (Å²) in [6.45, 7) is 0.542. The van der Waals surface area contributed by atoms with Gasteiger partial charge in [-0.1, -0.05) is 36.4 Å². The Morgan fingerprint density at radius 1 is 1.20 bits per heavy atom. The van der Waals surface area contributed by atoms with Crippen molar-refractivity contribution in [2.75, 3.05) is 32.3 Å². The summed E-state index contributed by atoms with van der Waals surface area (Å²) >= 11 is 0. The Labute approximate surface area is 122 Å². The van der Waals surface area contributed by atoms with E-state index in [1.54, 1.807) is 7.11 Å². The van der Waals surface area contributed by atoms with Gasteiger partial charge in [0.25, 0.3) is 0 Å². The average molecular weight is 291 g/mol. The first kappa shape index (κ1) is 15.2. The normalized spacial score (nSPS) is 14.3. The molecule has 3 nitrogen and oxygen atoms in total. The third-order valence-corrected chi connectivity index (χ3v) is 4.72. The number of ether oxygens (including phenoxy) is 1. The number of rotatable bonds is 7. The number of methoxy groups -OCH3 is 1. The third kappa shape index (κ3) is 3.88. The molecular weight excluding hydrogens is 270 g/mol. The fraction of sp³-hybridized carbons (Fsp3) is 0.375. The average Bonchev–Trinajstić information content (AvgIpc) is 2.50. The second kappa shape index (κ2) is 7.53. The Bertz CT molecular complexity index is 585. The Balaban J connectivity index is 2.14. The van der Waals surface area contributed by atoms with Crippen LogP contribution >= 0.6 is 0 Å². The lowest BCUT2D eigenvalue weighted by molar-refractivity contribution is 0.218. The van der Waals surface area contributed by atoms with Gasteiger partial charge >= 0.3 is 0 Å². The van der Waals surface area contributed by atoms with E-state index >= 15 is 0 Å². The molecule has 0 aliphatic rings. The van der Waals surface area contributed by atoms with Crippen molar-refractivity contribution in [2.24, 2.45) is 0 Å². The second-order valence-electron chi connectivity index (χ2n) is 4.75. The van der Waals surface area contributed by atoms with Crippen molar-refractivity contribution in [1.29, 1.82) is 0 Å². The summed E-state index contributed by atoms with van der Waals surface area (Å²) in [5.41, 5.74) is 1.18. The predicted octanol–water partition coefficient (Wildman–Crippen LogP) is 2.50. The highest BCUT2D eigenvalue weighted by Crippen LogP contribution is 2.21. The molecule has 0 bridgehead atoms. The first-order chi connectivity index (χ1) is 9.74. The van der Waals surface area contributed by atoms with E-state index in [0.29, 0.717) is 18.1 Å². The van der Waals surface area contributed by atoms with Crippen LogP contribution in [0, 0.1) is 0 Å². The van der Waals surface area contributed by atoms with Gasteiger partial charge in [-0.3, -0.25) is 4.21 Å². The van der Waals surface area contributed by atoms with Gasteiger partial charge in [-0.25, -0.2) is 0 Å². The molecule has 0 aromatic heterocycles. The molecule has 0 amide bonds. The zero-order valence-electron chi connectivity index (χ0n) is 12.0. The molecule has 0 aliphatic heterocycles. The number of benzene rings is 2. The van der Waals surface area contributed by atoms with E-state index in [2.05, 4.69) is 35.6 Å². The van der Waals surface area contributed by atoms with Crippen molar-refractivity contribution in [3.63, 3.8) is 0 Å². The maximum absolute atomic E-state index is 12.0. The van der Waals surface area contributed by atoms with Crippen molar-refractivity contribution in [2.45, 2.75) is 6.04 Å². The summed E-state index contributed by atoms with van der Waals surface area (Å²) in [4.78, 5) is 0. The van der Waals surface area contributed by atoms with Crippen LogP contribution in [-0.4, -0.2) is 36.5 Å². The second-order valence-corrected chi connectivity index (χ2v) is 6.37. The molecule has 2 unspecified atom stereocenters. The van der Waals surface area contributed by atoms with Crippen LogP contribution in [0.1, 0.15) is 11.6 Å². The van der Waals surface area contributed by atoms with Gasteiger partial charge in [-0.15, -0.1) is 0 Å². The molecule has 2 aromatic rings. The molecule has 108 valence electrons. The predicted molar refractivity (Wildman–Crippen MR) is 85.5 cm³/mol. The minimum atomic E-state index is -0.872. The minimum absolute atomic E-state index is 0.109. The molecule has 0 spiro atoms. The summed E-state index contributed by atoms with van der Waals surface area (Å²) in [5, 5.41) is 5.70. The Kier molecular flexibility index (Phi) is 5.71. The number of nitrogens with one attached hydrogen (secondary N) is 1. The van der Waals surface area contributed by atoms with Crippen molar-refractivity contribution in [1.82, 2.24) is 5.32 Å². The van der Waals surface area contributed by atoms with E-state index in [-0.39, 0.29) is 6.04 Å². The molecule has 0 fully saturated rings. The van der Waals surface area contributed by atoms with Gasteiger partial charge < -0.3 is 10.1 Å². The lowest BCUT2D eigenvalue weighted by atomic mass is 10.0. The molecule has 1 N–H and O–H groups in total. The van der Waals surface area contributed by atoms with E-state index in [1.807, 2.05) is 19.2 Å². The van der Waals surface area contributed by atoms with Crippen LogP contribution in [-0.2, 0) is 15.5 Å². The van der Waals surface area contributed by atoms with Crippen molar-refractivity contribution < 1.29 is 8.95 Å². The zero-order valence-corrected chi connectivity index (χ0v) is 12.8. The first-order valence-corrected chi connectivity index (χ1v) is 8.23. The van der Waals surface area contributed by atoms with E-state index < -0.39 is 10.8 Å². The van der Waals surface area contributed by atoms with Crippen LogP contribution in [0.4, 0.5) is 0 Å². The number of hydrogen-bond donors (Lipinski definition) is 1. The van der Waals surface area contributed by atoms with Gasteiger partial charge in [0, 0.05) is 35.5 Å². The SMILES string of the molecule is CNC(CS(=O)CCOC)c1ccc2ccccc2c1. The van der Waals surface area contributed by atoms with Gasteiger partial charge in [0.05, 0.1) is 6.61 Å². The molecule has 4 heteroatoms. The molecule has 2 rings (SSSR count). The lowest BCUT2D eigenvalue weighted by Crippen LogP contribution is -2.24. The summed E-state index contributed by atoms with van der Waals surface area (Å²) in [6.07, 6.45) is 0. The highest BCUT2D eigenvalue weighted by atomic mass is 32.2. The maximum atomic E-state index is 12.0. The zero-order chi connectivity index (χ0) is 14.4. The quantitative estimate of drug-likeness (QED) is 0.852. The van der Waals surface area contributed by atoms with Crippen LogP contribution in [0.25, 0.3) is 10.8 Å². The Morgan fingerprint density at radius 2 is 1.95 bits per heavy atom. The molecule has 20 heavy (non-hydrogen) atoms. The van der Waals surface area contributed by atoms with Crippen LogP contribution < -0.4 is 5.32 Å². The van der Waals surface area contributed by atoms with Crippen LogP contribution in [0.3, 0.4) is 0 Å². The minimum Gasteiger partial charge on any atom is -0.384 e. The van der Waals surface area contributed by atoms with E-state index in [1.165, 1.54) is 16.3 Å². The first-order valence-electron chi connectivity index (χ1n) is 6.74. The van der Waals surface area contributed by atoms with Gasteiger partial charge in [-0.05, 0) is 29.4 Å². The monoisotopic (exact) mass is 291 g/mol. The summed E-state index contributed by atoms with van der Waals surface area (Å²) in [6, 6.07) is 14.8. The molecule has 0 saturated heterocycles. The molecule has 0 radical (unpaired) electrons. The fourth-order valence-electron chi connectivity index (χ4n) is 2.22. The van der Waals surface area contributed by atoms with Gasteiger partial charge in [-0.2, -0.15) is 0 Å². The van der Waals surface area contributed by atoms with Crippen LogP contribution in [0.5, 0.6) is 0 Å². The topological polar surface area (TPSA) is 38.3 Å². The number of hydrogen-bond acceptors (Lipinski definition) is 3. The van der Waals surface area contributed by atoms with Gasteiger partial charge in [0.15, 0.2) is 0 Å². The third-order valence-electron chi connectivity index (χ3n) is 3.39. The number of fused-ring (bicyclic) bond motifs is 1. The lowest BCUT2D eigenvalue weighted by Gasteiger charge is -2.17. The van der Waals surface area contributed by atoms with E-state index in [4.69, 9.17) is 4.74 Å². The highest BCUT2D eigenvalue weighted by Gasteiger charge is 2.13. The van der Waals surface area contributed by atoms with E-state index in [9.17, 15) is 4.21 Å². The highest BCUT2D eigenvalue weighted by molar-refractivity contribution is 7.85. The fourth-order valence-corrected chi connectivity index (χ4v) is 3.47. The molecule has 2 atom stereocenters. The molecule has 2 aromatic carbocycles. The van der Waals surface area contributed by atoms with Gasteiger partial charge in [0.1, 0.15) is 0 Å². The summed E-state index contributed by atoms with van der Waals surface area (Å²) < 4.78 is 17.0. The Morgan fingerprint density at radius 3 is 2.65 bits per heavy atom. The largest absolute Gasteiger partial charge is 0.384 e. The molecular formula is C16H21NO2S. The smallest absolute Gasteiger partial charge is 0.0577 e.